The van der Waals surface area contributed by atoms with E-state index in [2.05, 4.69) is 10.6 Å². The predicted octanol–water partition coefficient (Wildman–Crippen LogP) is 0.537. The molecule has 2 rings (SSSR count). The Bertz CT molecular complexity index is 520. The topological polar surface area (TPSA) is 78.4 Å². The van der Waals surface area contributed by atoms with Crippen molar-refractivity contribution >= 4 is 17.5 Å². The van der Waals surface area contributed by atoms with E-state index in [1.165, 1.54) is 12.1 Å². The largest absolute Gasteiger partial charge is 0.385 e. The highest BCUT2D eigenvalue weighted by Gasteiger charge is 2.20. The van der Waals surface area contributed by atoms with Gasteiger partial charge < -0.3 is 15.7 Å². The van der Waals surface area contributed by atoms with E-state index >= 15 is 0 Å². The number of nitrogens with one attached hydrogen (secondary N) is 2. The molecule has 5 nitrogen and oxygen atoms in total. The quantitative estimate of drug-likeness (QED) is 0.747. The Kier molecular flexibility index (Phi) is 3.75. The second kappa shape index (κ2) is 5.31. The molecular weight excluding hydrogens is 258 g/mol. The normalized spacial score (nSPS) is 15.1. The van der Waals surface area contributed by atoms with Crippen molar-refractivity contribution in [3.63, 3.8) is 0 Å². The molecule has 19 heavy (non-hydrogen) atoms. The van der Waals surface area contributed by atoms with Crippen molar-refractivity contribution in [1.29, 1.82) is 0 Å². The maximum absolute atomic E-state index is 12.1. The van der Waals surface area contributed by atoms with Gasteiger partial charge in [0, 0.05) is 17.8 Å². The van der Waals surface area contributed by atoms with Crippen LogP contribution < -0.4 is 10.6 Å². The fraction of sp³-hybridized carbons (Fsp3) is 0.333. The van der Waals surface area contributed by atoms with E-state index in [0.29, 0.717) is 11.3 Å². The van der Waals surface area contributed by atoms with Crippen LogP contribution in [0.15, 0.2) is 18.2 Å². The van der Waals surface area contributed by atoms with Gasteiger partial charge in [-0.15, -0.1) is 0 Å². The van der Waals surface area contributed by atoms with Crippen LogP contribution in [0.2, 0.25) is 0 Å². The van der Waals surface area contributed by atoms with Gasteiger partial charge >= 0.3 is 0 Å². The van der Waals surface area contributed by atoms with Gasteiger partial charge in [-0.05, 0) is 23.8 Å². The van der Waals surface area contributed by atoms with Crippen LogP contribution in [0, 0.1) is 0 Å². The van der Waals surface area contributed by atoms with Crippen molar-refractivity contribution < 1.29 is 23.5 Å². The maximum atomic E-state index is 12.1. The van der Waals surface area contributed by atoms with E-state index in [4.69, 9.17) is 5.11 Å². The highest BCUT2D eigenvalue weighted by atomic mass is 19.3. The van der Waals surface area contributed by atoms with Gasteiger partial charge in [-0.2, -0.15) is 0 Å². The van der Waals surface area contributed by atoms with Crippen LogP contribution in [-0.4, -0.2) is 36.0 Å². The molecule has 0 saturated heterocycles. The molecule has 1 unspecified atom stereocenters. The summed E-state index contributed by atoms with van der Waals surface area (Å²) in [5, 5.41) is 13.7. The molecule has 0 spiro atoms. The Balaban J connectivity index is 2.01. The summed E-state index contributed by atoms with van der Waals surface area (Å²) < 4.78 is 24.1. The first kappa shape index (κ1) is 13.4. The maximum Gasteiger partial charge on any atom is 0.265 e. The Morgan fingerprint density at radius 2 is 2.21 bits per heavy atom. The van der Waals surface area contributed by atoms with Crippen molar-refractivity contribution in [2.24, 2.45) is 0 Å². The molecule has 0 fully saturated rings. The second-order valence-corrected chi connectivity index (χ2v) is 4.21. The molecule has 0 aromatic heterocycles. The Morgan fingerprint density at radius 3 is 2.89 bits per heavy atom. The molecule has 7 heteroatoms. The third-order valence-corrected chi connectivity index (χ3v) is 2.76. The first-order valence-corrected chi connectivity index (χ1v) is 5.64. The van der Waals surface area contributed by atoms with Gasteiger partial charge in [0.25, 0.3) is 12.3 Å². The van der Waals surface area contributed by atoms with E-state index < -0.39 is 25.0 Å². The molecule has 3 N–H and O–H groups in total. The predicted molar refractivity (Wildman–Crippen MR) is 63.1 cm³/mol. The highest BCUT2D eigenvalue weighted by molar-refractivity contribution is 6.01. The minimum Gasteiger partial charge on any atom is -0.385 e. The van der Waals surface area contributed by atoms with E-state index in [1.807, 2.05) is 0 Å². The van der Waals surface area contributed by atoms with Crippen LogP contribution in [0.3, 0.4) is 0 Å². The summed E-state index contributed by atoms with van der Waals surface area (Å²) in [5.41, 5.74) is 1.60. The van der Waals surface area contributed by atoms with Crippen molar-refractivity contribution in [3.05, 3.63) is 29.3 Å². The SMILES string of the molecule is O=C1Cc2cc(C(=O)NCC(O)C(F)F)ccc2N1. The van der Waals surface area contributed by atoms with E-state index in [-0.39, 0.29) is 17.9 Å². The number of aliphatic hydroxyl groups is 1. The lowest BCUT2D eigenvalue weighted by molar-refractivity contribution is -0.115. The number of aliphatic hydroxyl groups excluding tert-OH is 1. The average molecular weight is 270 g/mol. The number of hydrogen-bond acceptors (Lipinski definition) is 3. The second-order valence-electron chi connectivity index (χ2n) is 4.21. The number of halogens is 2. The number of fused-ring (bicyclic) bond motifs is 1. The number of hydrogen-bond donors (Lipinski definition) is 3. The van der Waals surface area contributed by atoms with Gasteiger partial charge in [0.1, 0.15) is 6.10 Å². The molecule has 1 atom stereocenters. The van der Waals surface area contributed by atoms with Gasteiger partial charge in [-0.1, -0.05) is 0 Å². The van der Waals surface area contributed by atoms with Gasteiger partial charge in [-0.3, -0.25) is 9.59 Å². The minimum atomic E-state index is -2.90. The van der Waals surface area contributed by atoms with Crippen LogP contribution >= 0.6 is 0 Å². The van der Waals surface area contributed by atoms with Gasteiger partial charge in [0.05, 0.1) is 6.42 Å². The fourth-order valence-corrected chi connectivity index (χ4v) is 1.76. The average Bonchev–Trinajstić information content (AvgIpc) is 2.74. The van der Waals surface area contributed by atoms with Gasteiger partial charge in [0.15, 0.2) is 0 Å². The van der Waals surface area contributed by atoms with Crippen LogP contribution in [0.1, 0.15) is 15.9 Å². The monoisotopic (exact) mass is 270 g/mol. The fourth-order valence-electron chi connectivity index (χ4n) is 1.76. The Morgan fingerprint density at radius 1 is 1.47 bits per heavy atom. The molecule has 0 saturated carbocycles. The van der Waals surface area contributed by atoms with Crippen LogP contribution in [0.5, 0.6) is 0 Å². The molecule has 0 radical (unpaired) electrons. The summed E-state index contributed by atoms with van der Waals surface area (Å²) in [6.07, 6.45) is -4.60. The van der Waals surface area contributed by atoms with Crippen LogP contribution in [-0.2, 0) is 11.2 Å². The number of anilines is 1. The number of carbonyl (C=O) groups excluding carboxylic acids is 2. The van der Waals surface area contributed by atoms with E-state index in [1.54, 1.807) is 6.07 Å². The lowest BCUT2D eigenvalue weighted by Gasteiger charge is -2.11. The summed E-state index contributed by atoms with van der Waals surface area (Å²) in [6.45, 7) is -0.523. The molecule has 102 valence electrons. The minimum absolute atomic E-state index is 0.152. The zero-order valence-electron chi connectivity index (χ0n) is 9.82. The van der Waals surface area contributed by atoms with E-state index in [0.717, 1.165) is 0 Å². The number of carbonyl (C=O) groups is 2. The van der Waals surface area contributed by atoms with Crippen LogP contribution in [0.25, 0.3) is 0 Å². The number of benzene rings is 1. The lowest BCUT2D eigenvalue weighted by atomic mass is 10.1. The summed E-state index contributed by atoms with van der Waals surface area (Å²) >= 11 is 0. The summed E-state index contributed by atoms with van der Waals surface area (Å²) in [6, 6.07) is 4.59. The van der Waals surface area contributed by atoms with Crippen molar-refractivity contribution in [2.45, 2.75) is 19.0 Å². The molecule has 0 aliphatic carbocycles. The highest BCUT2D eigenvalue weighted by Crippen LogP contribution is 2.23. The van der Waals surface area contributed by atoms with Crippen molar-refractivity contribution in [3.8, 4) is 0 Å². The van der Waals surface area contributed by atoms with Crippen LogP contribution in [0.4, 0.5) is 14.5 Å². The van der Waals surface area contributed by atoms with E-state index in [9.17, 15) is 18.4 Å². The molecule has 2 amide bonds. The van der Waals surface area contributed by atoms with Gasteiger partial charge in [0.2, 0.25) is 5.91 Å². The molecule has 1 aromatic carbocycles. The smallest absolute Gasteiger partial charge is 0.265 e. The summed E-state index contributed by atoms with van der Waals surface area (Å²) in [5.74, 6) is -0.720. The molecular formula is C12H12F2N2O3. The van der Waals surface area contributed by atoms with Crippen molar-refractivity contribution in [2.75, 3.05) is 11.9 Å². The third-order valence-electron chi connectivity index (χ3n) is 2.76. The first-order chi connectivity index (χ1) is 8.97. The lowest BCUT2D eigenvalue weighted by Crippen LogP contribution is -2.35. The standard InChI is InChI=1S/C12H12F2N2O3/c13-11(14)9(17)5-15-12(19)6-1-2-8-7(3-6)4-10(18)16-8/h1-3,9,11,17H,4-5H2,(H,15,19)(H,16,18). The molecule has 1 aromatic rings. The zero-order valence-corrected chi connectivity index (χ0v) is 9.82. The first-order valence-electron chi connectivity index (χ1n) is 5.64. The zero-order chi connectivity index (χ0) is 14.0. The molecule has 1 aliphatic heterocycles. The summed E-state index contributed by atoms with van der Waals surface area (Å²) in [4.78, 5) is 22.8. The van der Waals surface area contributed by atoms with Gasteiger partial charge in [-0.25, -0.2) is 8.78 Å². The number of rotatable bonds is 4. The Labute approximate surface area is 107 Å². The third kappa shape index (κ3) is 3.05. The number of alkyl halides is 2. The molecule has 0 bridgehead atoms. The molecule has 1 aliphatic rings. The molecule has 1 heterocycles. The van der Waals surface area contributed by atoms with Crippen molar-refractivity contribution in [1.82, 2.24) is 5.32 Å². The summed E-state index contributed by atoms with van der Waals surface area (Å²) in [7, 11) is 0. The number of amides is 2. The Hall–Kier alpha value is -2.02.